The van der Waals surface area contributed by atoms with Crippen molar-refractivity contribution in [3.63, 3.8) is 0 Å². The summed E-state index contributed by atoms with van der Waals surface area (Å²) in [7, 11) is 0. The van der Waals surface area contributed by atoms with E-state index in [2.05, 4.69) is 15.9 Å². The molecule has 0 saturated heterocycles. The van der Waals surface area contributed by atoms with E-state index in [0.717, 1.165) is 5.56 Å². The fraction of sp³-hybridized carbons (Fsp3) is 0.0714. The summed E-state index contributed by atoms with van der Waals surface area (Å²) in [5.74, 6) is -0.433. The first-order valence-electron chi connectivity index (χ1n) is 5.39. The minimum Gasteiger partial charge on any atom is -0.399 e. The van der Waals surface area contributed by atoms with E-state index in [4.69, 9.17) is 5.73 Å². The van der Waals surface area contributed by atoms with E-state index in [9.17, 15) is 9.18 Å². The Balaban J connectivity index is 2.19. The van der Waals surface area contributed by atoms with Crippen molar-refractivity contribution in [2.24, 2.45) is 0 Å². The maximum Gasteiger partial charge on any atom is 0.168 e. The van der Waals surface area contributed by atoms with Crippen LogP contribution in [0.5, 0.6) is 0 Å². The molecule has 0 aliphatic heterocycles. The number of carbonyl (C=O) groups excluding carboxylic acids is 1. The predicted octanol–water partition coefficient (Wildman–Crippen LogP) is 3.60. The summed E-state index contributed by atoms with van der Waals surface area (Å²) in [5, 5.41) is 0. The van der Waals surface area contributed by atoms with Gasteiger partial charge in [-0.3, -0.25) is 4.79 Å². The van der Waals surface area contributed by atoms with Crippen LogP contribution in [0.15, 0.2) is 46.9 Å². The second-order valence-corrected chi connectivity index (χ2v) is 4.82. The maximum absolute atomic E-state index is 12.9. The Labute approximate surface area is 113 Å². The third-order valence-corrected chi connectivity index (χ3v) is 3.23. The van der Waals surface area contributed by atoms with Crippen molar-refractivity contribution in [3.05, 3.63) is 63.9 Å². The van der Waals surface area contributed by atoms with Crippen LogP contribution in [0.25, 0.3) is 0 Å². The van der Waals surface area contributed by atoms with Gasteiger partial charge in [-0.25, -0.2) is 4.39 Å². The number of hydrogen-bond donors (Lipinski definition) is 1. The summed E-state index contributed by atoms with van der Waals surface area (Å²) in [6.07, 6.45) is 0.268. The molecule has 0 heterocycles. The van der Waals surface area contributed by atoms with E-state index in [1.54, 1.807) is 12.1 Å². The van der Waals surface area contributed by atoms with E-state index >= 15 is 0 Å². The number of hydrogen-bond acceptors (Lipinski definition) is 2. The summed E-state index contributed by atoms with van der Waals surface area (Å²) in [6, 6.07) is 11.2. The quantitative estimate of drug-likeness (QED) is 0.695. The van der Waals surface area contributed by atoms with Gasteiger partial charge in [-0.05, 0) is 51.8 Å². The monoisotopic (exact) mass is 307 g/mol. The van der Waals surface area contributed by atoms with Crippen LogP contribution >= 0.6 is 15.9 Å². The van der Waals surface area contributed by atoms with Crippen LogP contribution in [-0.2, 0) is 6.42 Å². The maximum atomic E-state index is 12.9. The van der Waals surface area contributed by atoms with Gasteiger partial charge in [-0.15, -0.1) is 0 Å². The number of benzene rings is 2. The molecule has 0 fully saturated rings. The van der Waals surface area contributed by atoms with Crippen LogP contribution in [0.3, 0.4) is 0 Å². The molecule has 2 aromatic rings. The molecular formula is C14H11BrFNO. The van der Waals surface area contributed by atoms with Gasteiger partial charge >= 0.3 is 0 Å². The zero-order valence-electron chi connectivity index (χ0n) is 9.49. The van der Waals surface area contributed by atoms with Crippen molar-refractivity contribution in [1.82, 2.24) is 0 Å². The van der Waals surface area contributed by atoms with Gasteiger partial charge in [-0.1, -0.05) is 12.1 Å². The molecule has 2 rings (SSSR count). The molecule has 0 aromatic heterocycles. The Kier molecular flexibility index (Phi) is 3.77. The molecule has 2 aromatic carbocycles. The van der Waals surface area contributed by atoms with Crippen molar-refractivity contribution in [1.29, 1.82) is 0 Å². The summed E-state index contributed by atoms with van der Waals surface area (Å²) in [6.45, 7) is 0. The highest BCUT2D eigenvalue weighted by Gasteiger charge is 2.11. The SMILES string of the molecule is Nc1ccc(CC(=O)c2ccc(F)cc2Br)cc1. The highest BCUT2D eigenvalue weighted by molar-refractivity contribution is 9.10. The molecule has 92 valence electrons. The van der Waals surface area contributed by atoms with Crippen molar-refractivity contribution in [2.45, 2.75) is 6.42 Å². The number of nitrogens with two attached hydrogens (primary N) is 1. The van der Waals surface area contributed by atoms with E-state index in [1.165, 1.54) is 18.2 Å². The molecule has 0 aliphatic carbocycles. The van der Waals surface area contributed by atoms with Crippen LogP contribution < -0.4 is 5.73 Å². The van der Waals surface area contributed by atoms with E-state index in [0.29, 0.717) is 15.7 Å². The molecule has 0 aliphatic rings. The fourth-order valence-corrected chi connectivity index (χ4v) is 2.20. The van der Waals surface area contributed by atoms with Crippen LogP contribution in [0.4, 0.5) is 10.1 Å². The van der Waals surface area contributed by atoms with Gasteiger partial charge in [0.15, 0.2) is 5.78 Å². The summed E-state index contributed by atoms with van der Waals surface area (Å²) in [5.41, 5.74) is 7.60. The van der Waals surface area contributed by atoms with E-state index in [-0.39, 0.29) is 18.0 Å². The lowest BCUT2D eigenvalue weighted by molar-refractivity contribution is 0.0992. The van der Waals surface area contributed by atoms with Crippen molar-refractivity contribution in [3.8, 4) is 0 Å². The number of ketones is 1. The highest BCUT2D eigenvalue weighted by Crippen LogP contribution is 2.20. The zero-order chi connectivity index (χ0) is 13.1. The molecule has 0 bridgehead atoms. The number of Topliss-reactive ketones (excluding diaryl/α,β-unsaturated/α-hetero) is 1. The summed E-state index contributed by atoms with van der Waals surface area (Å²) < 4.78 is 13.4. The van der Waals surface area contributed by atoms with Crippen LogP contribution in [0, 0.1) is 5.82 Å². The highest BCUT2D eigenvalue weighted by atomic mass is 79.9. The molecular weight excluding hydrogens is 297 g/mol. The van der Waals surface area contributed by atoms with Gasteiger partial charge in [0.05, 0.1) is 0 Å². The normalized spacial score (nSPS) is 10.3. The number of nitrogen functional groups attached to an aromatic ring is 1. The van der Waals surface area contributed by atoms with Gasteiger partial charge < -0.3 is 5.73 Å². The van der Waals surface area contributed by atoms with E-state index < -0.39 is 0 Å². The Bertz CT molecular complexity index is 581. The van der Waals surface area contributed by atoms with Gasteiger partial charge in [-0.2, -0.15) is 0 Å². The van der Waals surface area contributed by atoms with Gasteiger partial charge in [0, 0.05) is 22.1 Å². The molecule has 0 spiro atoms. The number of carbonyl (C=O) groups is 1. The fourth-order valence-electron chi connectivity index (χ4n) is 1.63. The van der Waals surface area contributed by atoms with Crippen LogP contribution in [0.2, 0.25) is 0 Å². The van der Waals surface area contributed by atoms with Gasteiger partial charge in [0.2, 0.25) is 0 Å². The molecule has 2 N–H and O–H groups in total. The van der Waals surface area contributed by atoms with Crippen molar-refractivity contribution >= 4 is 27.4 Å². The minimum absolute atomic E-state index is 0.0633. The lowest BCUT2D eigenvalue weighted by atomic mass is 10.0. The molecule has 0 atom stereocenters. The number of rotatable bonds is 3. The van der Waals surface area contributed by atoms with Crippen molar-refractivity contribution in [2.75, 3.05) is 5.73 Å². The number of halogens is 2. The first-order chi connectivity index (χ1) is 8.56. The van der Waals surface area contributed by atoms with Crippen molar-refractivity contribution < 1.29 is 9.18 Å². The molecule has 4 heteroatoms. The first kappa shape index (κ1) is 12.8. The van der Waals surface area contributed by atoms with Crippen LogP contribution in [-0.4, -0.2) is 5.78 Å². The minimum atomic E-state index is -0.370. The Morgan fingerprint density at radius 1 is 1.17 bits per heavy atom. The topological polar surface area (TPSA) is 43.1 Å². The standard InChI is InChI=1S/C14H11BrFNO/c15-13-8-10(16)3-6-12(13)14(18)7-9-1-4-11(17)5-2-9/h1-6,8H,7,17H2. The molecule has 2 nitrogen and oxygen atoms in total. The summed E-state index contributed by atoms with van der Waals surface area (Å²) in [4.78, 5) is 12.0. The smallest absolute Gasteiger partial charge is 0.168 e. The Morgan fingerprint density at radius 3 is 2.44 bits per heavy atom. The second kappa shape index (κ2) is 5.31. The Morgan fingerprint density at radius 2 is 1.83 bits per heavy atom. The van der Waals surface area contributed by atoms with E-state index in [1.807, 2.05) is 12.1 Å². The molecule has 0 amide bonds. The second-order valence-electron chi connectivity index (χ2n) is 3.97. The largest absolute Gasteiger partial charge is 0.399 e. The summed E-state index contributed by atoms with van der Waals surface area (Å²) >= 11 is 3.19. The average Bonchev–Trinajstić information content (AvgIpc) is 2.32. The lowest BCUT2D eigenvalue weighted by Crippen LogP contribution is -2.04. The molecule has 18 heavy (non-hydrogen) atoms. The molecule has 0 unspecified atom stereocenters. The molecule has 0 radical (unpaired) electrons. The zero-order valence-corrected chi connectivity index (χ0v) is 11.1. The predicted molar refractivity (Wildman–Crippen MR) is 73.0 cm³/mol. The van der Waals surface area contributed by atoms with Crippen LogP contribution in [0.1, 0.15) is 15.9 Å². The Hall–Kier alpha value is -1.68. The molecule has 0 saturated carbocycles. The number of anilines is 1. The average molecular weight is 308 g/mol. The van der Waals surface area contributed by atoms with Gasteiger partial charge in [0.1, 0.15) is 5.82 Å². The third-order valence-electron chi connectivity index (χ3n) is 2.58. The first-order valence-corrected chi connectivity index (χ1v) is 6.18. The lowest BCUT2D eigenvalue weighted by Gasteiger charge is -2.04. The third kappa shape index (κ3) is 2.96. The van der Waals surface area contributed by atoms with Gasteiger partial charge in [0.25, 0.3) is 0 Å².